The van der Waals surface area contributed by atoms with Crippen molar-refractivity contribution >= 4 is 18.0 Å². The molecule has 12 nitrogen and oxygen atoms in total. The van der Waals surface area contributed by atoms with Crippen molar-refractivity contribution in [2.24, 2.45) is 0 Å². The summed E-state index contributed by atoms with van der Waals surface area (Å²) in [6.07, 6.45) is -0.596. The van der Waals surface area contributed by atoms with Crippen LogP contribution in [0.3, 0.4) is 0 Å². The van der Waals surface area contributed by atoms with Gasteiger partial charge in [-0.2, -0.15) is 0 Å². The lowest BCUT2D eigenvalue weighted by Gasteiger charge is -2.23. The molecule has 1 unspecified atom stereocenters. The summed E-state index contributed by atoms with van der Waals surface area (Å²) in [5.41, 5.74) is 6.66. The molecule has 0 fully saturated rings. The van der Waals surface area contributed by atoms with Gasteiger partial charge in [-0.1, -0.05) is 72.8 Å². The van der Waals surface area contributed by atoms with Crippen molar-refractivity contribution in [3.63, 3.8) is 0 Å². The Balaban J connectivity index is 1.05. The number of ether oxygens (including phenoxy) is 7. The van der Waals surface area contributed by atoms with Gasteiger partial charge in [0.25, 0.3) is 5.91 Å². The number of alkyl carbamates (subject to hydrolysis) is 1. The van der Waals surface area contributed by atoms with Gasteiger partial charge in [0.15, 0.2) is 13.2 Å². The van der Waals surface area contributed by atoms with Gasteiger partial charge in [0, 0.05) is 31.2 Å². The molecule has 1 aliphatic rings. The molecule has 0 saturated carbocycles. The van der Waals surface area contributed by atoms with E-state index in [1.807, 2.05) is 30.3 Å². The number of amides is 2. The molecule has 0 heterocycles. The maximum Gasteiger partial charge on any atom is 0.407 e. The monoisotopic (exact) mass is 760 g/mol. The Morgan fingerprint density at radius 1 is 0.679 bits per heavy atom. The van der Waals surface area contributed by atoms with Crippen molar-refractivity contribution in [1.82, 2.24) is 10.6 Å². The normalized spacial score (nSPS) is 12.1. The van der Waals surface area contributed by atoms with E-state index in [2.05, 4.69) is 34.9 Å². The van der Waals surface area contributed by atoms with Gasteiger partial charge in [0.05, 0.1) is 26.9 Å². The summed E-state index contributed by atoms with van der Waals surface area (Å²) in [4.78, 5) is 37.9. The Labute approximate surface area is 325 Å². The first-order valence-corrected chi connectivity index (χ1v) is 18.1. The fourth-order valence-electron chi connectivity index (χ4n) is 6.43. The van der Waals surface area contributed by atoms with Crippen molar-refractivity contribution in [2.75, 3.05) is 54.3 Å². The highest BCUT2D eigenvalue weighted by atomic mass is 16.6. The van der Waals surface area contributed by atoms with Crippen LogP contribution in [0, 0.1) is 0 Å². The van der Waals surface area contributed by atoms with Gasteiger partial charge < -0.3 is 43.8 Å². The van der Waals surface area contributed by atoms with Crippen LogP contribution >= 0.6 is 0 Å². The van der Waals surface area contributed by atoms with Crippen LogP contribution in [-0.2, 0) is 30.4 Å². The number of fused-ring (bicyclic) bond motifs is 3. The predicted molar refractivity (Wildman–Crippen MR) is 208 cm³/mol. The summed E-state index contributed by atoms with van der Waals surface area (Å²) in [7, 11) is 4.68. The lowest BCUT2D eigenvalue weighted by atomic mass is 9.97. The minimum Gasteiger partial charge on any atom is -0.497 e. The zero-order valence-corrected chi connectivity index (χ0v) is 31.4. The first-order chi connectivity index (χ1) is 27.4. The average molecular weight is 761 g/mol. The van der Waals surface area contributed by atoms with E-state index in [1.165, 1.54) is 0 Å². The summed E-state index contributed by atoms with van der Waals surface area (Å²) >= 11 is 0. The first-order valence-electron chi connectivity index (χ1n) is 18.1. The highest BCUT2D eigenvalue weighted by Crippen LogP contribution is 2.44. The second-order valence-electron chi connectivity index (χ2n) is 12.8. The molecule has 0 saturated heterocycles. The number of rotatable bonds is 18. The molecule has 1 atom stereocenters. The lowest BCUT2D eigenvalue weighted by Crippen LogP contribution is -2.31. The van der Waals surface area contributed by atoms with Gasteiger partial charge in [-0.15, -0.1) is 0 Å². The van der Waals surface area contributed by atoms with Gasteiger partial charge >= 0.3 is 12.1 Å². The molecule has 0 aromatic heterocycles. The van der Waals surface area contributed by atoms with Crippen LogP contribution in [0.1, 0.15) is 39.8 Å². The Morgan fingerprint density at radius 2 is 1.30 bits per heavy atom. The Hall–Kier alpha value is -6.53. The molecule has 5 aromatic rings. The third-order valence-corrected chi connectivity index (χ3v) is 9.25. The molecule has 0 radical (unpaired) electrons. The fourth-order valence-corrected chi connectivity index (χ4v) is 6.43. The smallest absolute Gasteiger partial charge is 0.407 e. The van der Waals surface area contributed by atoms with Crippen molar-refractivity contribution in [3.05, 3.63) is 143 Å². The lowest BCUT2D eigenvalue weighted by molar-refractivity contribution is -0.147. The molecule has 2 amide bonds. The molecule has 0 aliphatic heterocycles. The van der Waals surface area contributed by atoms with Crippen LogP contribution in [0.15, 0.2) is 115 Å². The quantitative estimate of drug-likeness (QED) is 0.0743. The third kappa shape index (κ3) is 9.96. The van der Waals surface area contributed by atoms with E-state index in [1.54, 1.807) is 82.0 Å². The van der Waals surface area contributed by atoms with Gasteiger partial charge in [-0.25, -0.2) is 9.59 Å². The van der Waals surface area contributed by atoms with Crippen LogP contribution in [0.4, 0.5) is 4.79 Å². The Kier molecular flexibility index (Phi) is 13.4. The molecule has 12 heteroatoms. The molecule has 0 spiro atoms. The van der Waals surface area contributed by atoms with Crippen molar-refractivity contribution in [3.8, 4) is 34.1 Å². The SMILES string of the molecule is COCCNC(=O)COc1ccc(COC(=O)COc2ccc(C(NC(=O)OCC3c4ccccc4-c4ccccc43)c3ccc(OC)cc3OC)cc2)cc1. The van der Waals surface area contributed by atoms with Crippen LogP contribution in [0.5, 0.6) is 23.0 Å². The Bertz CT molecular complexity index is 2060. The van der Waals surface area contributed by atoms with E-state index in [4.69, 9.17) is 33.2 Å². The highest BCUT2D eigenvalue weighted by Gasteiger charge is 2.30. The van der Waals surface area contributed by atoms with Crippen molar-refractivity contribution in [2.45, 2.75) is 18.6 Å². The molecule has 5 aromatic carbocycles. The largest absolute Gasteiger partial charge is 0.497 e. The molecule has 2 N–H and O–H groups in total. The molecule has 56 heavy (non-hydrogen) atoms. The number of hydrogen-bond acceptors (Lipinski definition) is 10. The molecule has 1 aliphatic carbocycles. The summed E-state index contributed by atoms with van der Waals surface area (Å²) in [5.74, 6) is 1.15. The number of benzene rings is 5. The number of esters is 1. The second kappa shape index (κ2) is 19.2. The summed E-state index contributed by atoms with van der Waals surface area (Å²) in [5, 5.41) is 5.71. The third-order valence-electron chi connectivity index (χ3n) is 9.25. The average Bonchev–Trinajstić information content (AvgIpc) is 3.56. The van der Waals surface area contributed by atoms with Crippen LogP contribution in [0.2, 0.25) is 0 Å². The van der Waals surface area contributed by atoms with E-state index < -0.39 is 18.1 Å². The van der Waals surface area contributed by atoms with E-state index in [0.717, 1.165) is 33.4 Å². The van der Waals surface area contributed by atoms with Gasteiger partial charge in [-0.3, -0.25) is 4.79 Å². The van der Waals surface area contributed by atoms with Gasteiger partial charge in [0.1, 0.15) is 36.2 Å². The van der Waals surface area contributed by atoms with Crippen LogP contribution < -0.4 is 29.6 Å². The molecular formula is C44H44N2O10. The van der Waals surface area contributed by atoms with Crippen molar-refractivity contribution < 1.29 is 47.5 Å². The minimum atomic E-state index is -0.666. The topological polar surface area (TPSA) is 140 Å². The molecular weight excluding hydrogens is 716 g/mol. The fraction of sp³-hybridized carbons (Fsp3) is 0.250. The predicted octanol–water partition coefficient (Wildman–Crippen LogP) is 6.60. The van der Waals surface area contributed by atoms with E-state index >= 15 is 0 Å². The minimum absolute atomic E-state index is 0.0336. The van der Waals surface area contributed by atoms with Gasteiger partial charge in [-0.05, 0) is 69.8 Å². The summed E-state index contributed by atoms with van der Waals surface area (Å²) < 4.78 is 38.5. The molecule has 290 valence electrons. The van der Waals surface area contributed by atoms with Gasteiger partial charge in [0.2, 0.25) is 0 Å². The number of hydrogen-bond donors (Lipinski definition) is 2. The van der Waals surface area contributed by atoms with Crippen LogP contribution in [0.25, 0.3) is 11.1 Å². The maximum atomic E-state index is 13.5. The van der Waals surface area contributed by atoms with Crippen molar-refractivity contribution in [1.29, 1.82) is 0 Å². The zero-order valence-electron chi connectivity index (χ0n) is 31.4. The number of nitrogens with one attached hydrogen (secondary N) is 2. The van der Waals surface area contributed by atoms with E-state index in [-0.39, 0.29) is 38.3 Å². The van der Waals surface area contributed by atoms with E-state index in [0.29, 0.717) is 41.7 Å². The van der Waals surface area contributed by atoms with Crippen LogP contribution in [-0.4, -0.2) is 72.3 Å². The molecule has 6 rings (SSSR count). The highest BCUT2D eigenvalue weighted by molar-refractivity contribution is 5.79. The maximum absolute atomic E-state index is 13.5. The number of carbonyl (C=O) groups is 3. The second-order valence-corrected chi connectivity index (χ2v) is 12.8. The molecule has 0 bridgehead atoms. The Morgan fingerprint density at radius 3 is 1.95 bits per heavy atom. The standard InChI is InChI=1S/C44H44N2O10/c1-50-23-22-45-41(47)27-53-31-16-12-29(13-17-31)25-55-42(48)28-54-32-18-14-30(15-19-32)43(38-21-20-33(51-2)24-40(38)52-3)46-44(49)56-26-39-36-10-6-4-8-34(36)35-9-5-7-11-37(35)39/h4-21,24,39,43H,22-23,25-28H2,1-3H3,(H,45,47)(H,46,49). The first kappa shape index (κ1) is 39.2. The summed E-state index contributed by atoms with van der Waals surface area (Å²) in [6.45, 7) is 0.580. The number of methoxy groups -OCH3 is 3. The summed E-state index contributed by atoms with van der Waals surface area (Å²) in [6, 6.07) is 34.9. The number of carbonyl (C=O) groups excluding carboxylic acids is 3. The van der Waals surface area contributed by atoms with E-state index in [9.17, 15) is 14.4 Å². The zero-order chi connectivity index (χ0) is 39.3.